The summed E-state index contributed by atoms with van der Waals surface area (Å²) in [5.41, 5.74) is 0. The first-order valence-electron chi connectivity index (χ1n) is 20.3. The summed E-state index contributed by atoms with van der Waals surface area (Å²) in [5.74, 6) is 0.898. The molecular formula is C43H83NO. The summed E-state index contributed by atoms with van der Waals surface area (Å²) in [7, 11) is 4.32. The molecule has 0 amide bonds. The molecular weight excluding hydrogens is 546 g/mol. The molecule has 266 valence electrons. The van der Waals surface area contributed by atoms with Gasteiger partial charge in [-0.2, -0.15) is 0 Å². The third-order valence-electron chi connectivity index (χ3n) is 9.27. The van der Waals surface area contributed by atoms with Crippen molar-refractivity contribution in [2.75, 3.05) is 27.2 Å². The van der Waals surface area contributed by atoms with Crippen molar-refractivity contribution in [2.24, 2.45) is 5.92 Å². The Hall–Kier alpha value is -0.860. The van der Waals surface area contributed by atoms with E-state index in [9.17, 15) is 0 Å². The zero-order valence-corrected chi connectivity index (χ0v) is 31.7. The van der Waals surface area contributed by atoms with Gasteiger partial charge in [0.1, 0.15) is 0 Å². The number of rotatable bonds is 36. The second-order valence-electron chi connectivity index (χ2n) is 14.4. The average molecular weight is 630 g/mol. The van der Waals surface area contributed by atoms with Crippen LogP contribution in [0.4, 0.5) is 0 Å². The van der Waals surface area contributed by atoms with Gasteiger partial charge in [-0.05, 0) is 104 Å². The zero-order valence-electron chi connectivity index (χ0n) is 31.7. The Labute approximate surface area is 285 Å². The Morgan fingerprint density at radius 3 is 1.47 bits per heavy atom. The monoisotopic (exact) mass is 630 g/mol. The Bertz CT molecular complexity index is 636. The van der Waals surface area contributed by atoms with E-state index < -0.39 is 0 Å². The third kappa shape index (κ3) is 37.5. The molecule has 0 saturated carbocycles. The van der Waals surface area contributed by atoms with Crippen LogP contribution in [0.15, 0.2) is 36.5 Å². The summed E-state index contributed by atoms with van der Waals surface area (Å²) in [6, 6.07) is 0. The predicted octanol–water partition coefficient (Wildman–Crippen LogP) is 14.2. The fourth-order valence-electron chi connectivity index (χ4n) is 6.15. The lowest BCUT2D eigenvalue weighted by molar-refractivity contribution is 0.0342. The second kappa shape index (κ2) is 37.6. The van der Waals surface area contributed by atoms with Crippen molar-refractivity contribution in [1.82, 2.24) is 4.90 Å². The van der Waals surface area contributed by atoms with Crippen LogP contribution in [-0.2, 0) is 4.74 Å². The van der Waals surface area contributed by atoms with Crippen LogP contribution < -0.4 is 0 Å². The van der Waals surface area contributed by atoms with Crippen molar-refractivity contribution in [3.63, 3.8) is 0 Å². The van der Waals surface area contributed by atoms with Crippen LogP contribution in [0.25, 0.3) is 0 Å². The van der Waals surface area contributed by atoms with Crippen LogP contribution in [-0.4, -0.2) is 38.3 Å². The summed E-state index contributed by atoms with van der Waals surface area (Å²) < 4.78 is 6.40. The molecule has 0 aromatic rings. The van der Waals surface area contributed by atoms with E-state index in [-0.39, 0.29) is 0 Å². The van der Waals surface area contributed by atoms with Crippen LogP contribution in [0, 0.1) is 5.92 Å². The summed E-state index contributed by atoms with van der Waals surface area (Å²) >= 11 is 0. The maximum atomic E-state index is 6.40. The molecule has 2 nitrogen and oxygen atoms in total. The van der Waals surface area contributed by atoms with Crippen molar-refractivity contribution in [3.05, 3.63) is 36.5 Å². The van der Waals surface area contributed by atoms with Gasteiger partial charge >= 0.3 is 0 Å². The maximum Gasteiger partial charge on any atom is 0.0575 e. The first kappa shape index (κ1) is 44.1. The van der Waals surface area contributed by atoms with Crippen LogP contribution in [0.2, 0.25) is 0 Å². The van der Waals surface area contributed by atoms with E-state index in [1.54, 1.807) is 0 Å². The second-order valence-corrected chi connectivity index (χ2v) is 14.4. The van der Waals surface area contributed by atoms with Gasteiger partial charge in [-0.15, -0.1) is 0 Å². The lowest BCUT2D eigenvalue weighted by Gasteiger charge is -2.19. The van der Waals surface area contributed by atoms with Crippen molar-refractivity contribution in [1.29, 1.82) is 0 Å². The summed E-state index contributed by atoms with van der Waals surface area (Å²) in [6.45, 7) is 9.06. The lowest BCUT2D eigenvalue weighted by atomic mass is 9.98. The Balaban J connectivity index is 3.84. The molecule has 0 aromatic heterocycles. The number of hydrogen-bond donors (Lipinski definition) is 0. The summed E-state index contributed by atoms with van der Waals surface area (Å²) in [5, 5.41) is 0. The number of unbranched alkanes of at least 4 members (excludes halogenated alkanes) is 17. The van der Waals surface area contributed by atoms with Crippen LogP contribution in [0.5, 0.6) is 0 Å². The fraction of sp³-hybridized carbons (Fsp3) is 0.860. The first-order chi connectivity index (χ1) is 22.1. The van der Waals surface area contributed by atoms with Gasteiger partial charge in [-0.3, -0.25) is 0 Å². The molecule has 0 spiro atoms. The summed E-state index contributed by atoms with van der Waals surface area (Å²) in [4.78, 5) is 2.27. The highest BCUT2D eigenvalue weighted by Gasteiger charge is 2.09. The SMILES string of the molecule is CCCCCC=CCC=CCCCCCCCCC(CCCCCCCCC=CCCC(C)CCCCC)OCCCN(C)C. The van der Waals surface area contributed by atoms with E-state index in [1.807, 2.05) is 0 Å². The van der Waals surface area contributed by atoms with Gasteiger partial charge in [0, 0.05) is 6.61 Å². The van der Waals surface area contributed by atoms with E-state index in [2.05, 4.69) is 76.2 Å². The van der Waals surface area contributed by atoms with Crippen LogP contribution in [0.3, 0.4) is 0 Å². The smallest absolute Gasteiger partial charge is 0.0575 e. The molecule has 0 aliphatic carbocycles. The standard InChI is InChI=1S/C43H83NO/c1-6-8-10-11-12-13-14-15-16-17-18-19-23-26-29-33-38-43(45-41-35-40-44(4)5)39-34-30-27-24-21-20-22-25-28-32-37-42(3)36-31-9-7-2/h12-13,15-16,25,28,42-43H,6-11,14,17-24,26-27,29-41H2,1-5H3. The summed E-state index contributed by atoms with van der Waals surface area (Å²) in [6.07, 6.45) is 52.2. The molecule has 0 fully saturated rings. The van der Waals surface area contributed by atoms with Crippen molar-refractivity contribution in [3.8, 4) is 0 Å². The largest absolute Gasteiger partial charge is 0.378 e. The van der Waals surface area contributed by atoms with Gasteiger partial charge < -0.3 is 9.64 Å². The van der Waals surface area contributed by atoms with E-state index in [1.165, 1.54) is 167 Å². The molecule has 0 aliphatic rings. The molecule has 2 unspecified atom stereocenters. The minimum Gasteiger partial charge on any atom is -0.378 e. The van der Waals surface area contributed by atoms with Gasteiger partial charge in [0.25, 0.3) is 0 Å². The zero-order chi connectivity index (χ0) is 32.9. The van der Waals surface area contributed by atoms with Crippen molar-refractivity contribution in [2.45, 2.75) is 207 Å². The van der Waals surface area contributed by atoms with E-state index >= 15 is 0 Å². The highest BCUT2D eigenvalue weighted by molar-refractivity contribution is 4.92. The van der Waals surface area contributed by atoms with Gasteiger partial charge in [0.05, 0.1) is 6.10 Å². The minimum atomic E-state index is 0.484. The Morgan fingerprint density at radius 1 is 0.467 bits per heavy atom. The molecule has 0 bridgehead atoms. The number of hydrogen-bond acceptors (Lipinski definition) is 2. The molecule has 0 rings (SSSR count). The first-order valence-corrected chi connectivity index (χ1v) is 20.3. The average Bonchev–Trinajstić information content (AvgIpc) is 3.02. The number of nitrogens with zero attached hydrogens (tertiary/aromatic N) is 1. The van der Waals surface area contributed by atoms with E-state index in [4.69, 9.17) is 4.74 Å². The molecule has 0 aromatic carbocycles. The molecule has 2 atom stereocenters. The molecule has 0 saturated heterocycles. The lowest BCUT2D eigenvalue weighted by Crippen LogP contribution is -2.18. The molecule has 0 radical (unpaired) electrons. The quantitative estimate of drug-likeness (QED) is 0.0505. The van der Waals surface area contributed by atoms with Gasteiger partial charge in [-0.25, -0.2) is 0 Å². The molecule has 45 heavy (non-hydrogen) atoms. The van der Waals surface area contributed by atoms with Crippen molar-refractivity contribution >= 4 is 0 Å². The minimum absolute atomic E-state index is 0.484. The maximum absolute atomic E-state index is 6.40. The van der Waals surface area contributed by atoms with E-state index in [0.717, 1.165) is 31.9 Å². The van der Waals surface area contributed by atoms with Gasteiger partial charge in [0.15, 0.2) is 0 Å². The highest BCUT2D eigenvalue weighted by Crippen LogP contribution is 2.18. The van der Waals surface area contributed by atoms with Gasteiger partial charge in [-0.1, -0.05) is 160 Å². The highest BCUT2D eigenvalue weighted by atomic mass is 16.5. The predicted molar refractivity (Wildman–Crippen MR) is 206 cm³/mol. The molecule has 2 heteroatoms. The molecule has 0 N–H and O–H groups in total. The topological polar surface area (TPSA) is 12.5 Å². The molecule has 0 heterocycles. The van der Waals surface area contributed by atoms with Crippen LogP contribution >= 0.6 is 0 Å². The third-order valence-corrected chi connectivity index (χ3v) is 9.27. The van der Waals surface area contributed by atoms with Gasteiger partial charge in [0.2, 0.25) is 0 Å². The van der Waals surface area contributed by atoms with Crippen LogP contribution in [0.1, 0.15) is 201 Å². The fourth-order valence-corrected chi connectivity index (χ4v) is 6.15. The Morgan fingerprint density at radius 2 is 0.911 bits per heavy atom. The number of ether oxygens (including phenoxy) is 1. The Kier molecular flexibility index (Phi) is 36.9. The van der Waals surface area contributed by atoms with Crippen molar-refractivity contribution < 1.29 is 4.74 Å². The molecule has 0 aliphatic heterocycles. The van der Waals surface area contributed by atoms with E-state index in [0.29, 0.717) is 6.10 Å². The number of allylic oxidation sites excluding steroid dienone is 6. The normalized spacial score (nSPS) is 13.7.